The van der Waals surface area contributed by atoms with Crippen LogP contribution in [-0.2, 0) is 38.0 Å². The molecule has 0 amide bonds. The number of hydrogen-bond acceptors (Lipinski definition) is 15. The van der Waals surface area contributed by atoms with Crippen LogP contribution < -0.4 is 0 Å². The minimum atomic E-state index is -1.77. The highest BCUT2D eigenvalue weighted by molar-refractivity contribution is 5.70. The van der Waals surface area contributed by atoms with Gasteiger partial charge in [0.1, 0.15) is 55.4 Å². The highest BCUT2D eigenvalue weighted by Gasteiger charge is 2.47. The summed E-state index contributed by atoms with van der Waals surface area (Å²) >= 11 is 0. The van der Waals surface area contributed by atoms with Gasteiger partial charge in [0.05, 0.1) is 19.8 Å². The van der Waals surface area contributed by atoms with E-state index in [1.54, 1.807) is 0 Å². The molecule has 15 nitrogen and oxygen atoms in total. The lowest BCUT2D eigenvalue weighted by Crippen LogP contribution is -2.61. The van der Waals surface area contributed by atoms with Crippen LogP contribution in [0.3, 0.4) is 0 Å². The summed E-state index contributed by atoms with van der Waals surface area (Å²) < 4.78 is 33.5. The zero-order valence-electron chi connectivity index (χ0n) is 39.3. The lowest BCUT2D eigenvalue weighted by Gasteiger charge is -2.42. The van der Waals surface area contributed by atoms with Crippen molar-refractivity contribution in [3.05, 3.63) is 24.3 Å². The van der Waals surface area contributed by atoms with Crippen LogP contribution in [0, 0.1) is 0 Å². The molecule has 2 saturated heterocycles. The molecule has 0 aliphatic carbocycles. The maximum Gasteiger partial charge on any atom is 0.306 e. The predicted octanol–water partition coefficient (Wildman–Crippen LogP) is 6.38. The number of carbonyl (C=O) groups excluding carboxylic acids is 2. The third-order valence-electron chi connectivity index (χ3n) is 11.9. The molecule has 0 aromatic heterocycles. The average Bonchev–Trinajstić information content (AvgIpc) is 3.29. The summed E-state index contributed by atoms with van der Waals surface area (Å²) in [5, 5.41) is 71.9. The van der Waals surface area contributed by atoms with Crippen molar-refractivity contribution in [3.63, 3.8) is 0 Å². The van der Waals surface area contributed by atoms with E-state index in [1.807, 2.05) is 6.08 Å². The summed E-state index contributed by atoms with van der Waals surface area (Å²) in [7, 11) is 0. The van der Waals surface area contributed by atoms with Crippen LogP contribution in [0.1, 0.15) is 181 Å². The number of carbonyl (C=O) groups is 2. The van der Waals surface area contributed by atoms with Crippen LogP contribution in [0.25, 0.3) is 0 Å². The van der Waals surface area contributed by atoms with E-state index in [-0.39, 0.29) is 19.4 Å². The fourth-order valence-electron chi connectivity index (χ4n) is 7.79. The van der Waals surface area contributed by atoms with Crippen molar-refractivity contribution in [2.45, 2.75) is 248 Å². The van der Waals surface area contributed by atoms with Gasteiger partial charge in [-0.25, -0.2) is 0 Å². The molecule has 2 aliphatic rings. The topological polar surface area (TPSA) is 231 Å². The quantitative estimate of drug-likeness (QED) is 0.0203. The van der Waals surface area contributed by atoms with Crippen molar-refractivity contribution >= 4 is 11.9 Å². The Morgan fingerprint density at radius 3 is 1.50 bits per heavy atom. The fraction of sp³-hybridized carbons (Fsp3) is 0.878. The van der Waals surface area contributed by atoms with E-state index in [2.05, 4.69) is 32.1 Å². The van der Waals surface area contributed by atoms with Gasteiger partial charge in [-0.3, -0.25) is 9.59 Å². The number of esters is 2. The number of aliphatic hydroxyl groups excluding tert-OH is 7. The lowest BCUT2D eigenvalue weighted by molar-refractivity contribution is -0.332. The highest BCUT2D eigenvalue weighted by Crippen LogP contribution is 2.26. The molecule has 0 aromatic rings. The summed E-state index contributed by atoms with van der Waals surface area (Å²) in [5.74, 6) is -0.974. The lowest BCUT2D eigenvalue weighted by atomic mass is 9.98. The Bertz CT molecular complexity index is 1220. The van der Waals surface area contributed by atoms with E-state index in [4.69, 9.17) is 28.4 Å². The maximum absolute atomic E-state index is 12.9. The maximum atomic E-state index is 12.9. The third kappa shape index (κ3) is 25.2. The zero-order chi connectivity index (χ0) is 46.8. The highest BCUT2D eigenvalue weighted by atomic mass is 16.7. The smallest absolute Gasteiger partial charge is 0.306 e. The van der Waals surface area contributed by atoms with E-state index in [0.717, 1.165) is 32.1 Å². The zero-order valence-corrected chi connectivity index (χ0v) is 39.3. The first-order valence-corrected chi connectivity index (χ1v) is 24.9. The average molecular weight is 917 g/mol. The molecule has 0 radical (unpaired) electrons. The van der Waals surface area contributed by atoms with Gasteiger partial charge in [0.2, 0.25) is 0 Å². The molecule has 2 aliphatic heterocycles. The summed E-state index contributed by atoms with van der Waals surface area (Å²) in [5.41, 5.74) is 0. The van der Waals surface area contributed by atoms with Gasteiger partial charge in [-0.15, -0.1) is 0 Å². The monoisotopic (exact) mass is 917 g/mol. The molecule has 4 unspecified atom stereocenters. The van der Waals surface area contributed by atoms with Crippen molar-refractivity contribution in [2.24, 2.45) is 0 Å². The predicted molar refractivity (Wildman–Crippen MR) is 243 cm³/mol. The van der Waals surface area contributed by atoms with Crippen molar-refractivity contribution < 1.29 is 73.8 Å². The Morgan fingerprint density at radius 1 is 0.500 bits per heavy atom. The van der Waals surface area contributed by atoms with Gasteiger partial charge in [0.15, 0.2) is 18.7 Å². The molecule has 2 rings (SSSR count). The summed E-state index contributed by atoms with van der Waals surface area (Å²) in [6, 6.07) is 0. The number of aliphatic hydroxyl groups is 7. The third-order valence-corrected chi connectivity index (χ3v) is 11.9. The largest absolute Gasteiger partial charge is 0.462 e. The molecule has 0 saturated carbocycles. The Hall–Kier alpha value is -2.02. The summed E-state index contributed by atoms with van der Waals surface area (Å²) in [6.07, 6.45) is 19.4. The summed E-state index contributed by atoms with van der Waals surface area (Å²) in [4.78, 5) is 25.6. The molecule has 2 fully saturated rings. The minimum absolute atomic E-state index is 0.156. The van der Waals surface area contributed by atoms with Gasteiger partial charge in [0, 0.05) is 12.8 Å². The Kier molecular flexibility index (Phi) is 33.6. The molecule has 64 heavy (non-hydrogen) atoms. The van der Waals surface area contributed by atoms with E-state index in [9.17, 15) is 45.3 Å². The van der Waals surface area contributed by atoms with E-state index >= 15 is 0 Å². The van der Waals surface area contributed by atoms with Crippen molar-refractivity contribution in [3.8, 4) is 0 Å². The molecule has 2 heterocycles. The van der Waals surface area contributed by atoms with E-state index in [1.165, 1.54) is 103 Å². The number of rotatable bonds is 38. The second-order valence-corrected chi connectivity index (χ2v) is 17.6. The van der Waals surface area contributed by atoms with Crippen molar-refractivity contribution in [1.82, 2.24) is 0 Å². The van der Waals surface area contributed by atoms with Crippen LogP contribution in [0.4, 0.5) is 0 Å². The van der Waals surface area contributed by atoms with Gasteiger partial charge in [-0.05, 0) is 38.5 Å². The van der Waals surface area contributed by atoms with E-state index < -0.39 is 99.3 Å². The van der Waals surface area contributed by atoms with Crippen molar-refractivity contribution in [2.75, 3.05) is 26.4 Å². The molecule has 0 aromatic carbocycles. The fourth-order valence-corrected chi connectivity index (χ4v) is 7.79. The molecule has 11 atom stereocenters. The first-order chi connectivity index (χ1) is 31.0. The second kappa shape index (κ2) is 37.0. The van der Waals surface area contributed by atoms with Gasteiger partial charge in [-0.1, -0.05) is 154 Å². The summed E-state index contributed by atoms with van der Waals surface area (Å²) in [6.45, 7) is 2.54. The number of hydrogen-bond donors (Lipinski definition) is 7. The van der Waals surface area contributed by atoms with Gasteiger partial charge >= 0.3 is 11.9 Å². The molecular weight excluding hydrogens is 829 g/mol. The molecular formula is C49H88O15. The first kappa shape index (κ1) is 58.1. The van der Waals surface area contributed by atoms with Crippen LogP contribution in [-0.4, -0.2) is 142 Å². The Labute approximate surface area is 383 Å². The van der Waals surface area contributed by atoms with Gasteiger partial charge < -0.3 is 64.2 Å². The second-order valence-electron chi connectivity index (χ2n) is 17.6. The van der Waals surface area contributed by atoms with Gasteiger partial charge in [0.25, 0.3) is 0 Å². The molecule has 0 spiro atoms. The molecule has 0 bridgehead atoms. The normalized spacial score (nSPS) is 26.8. The van der Waals surface area contributed by atoms with Crippen molar-refractivity contribution in [1.29, 1.82) is 0 Å². The van der Waals surface area contributed by atoms with Crippen LogP contribution >= 0.6 is 0 Å². The first-order valence-electron chi connectivity index (χ1n) is 24.9. The Balaban J connectivity index is 1.83. The standard InChI is InChI=1S/C49H88O15/c1-3-5-7-9-11-13-15-16-17-18-19-20-22-23-25-27-29-31-40(51)59-34-37(62-41(52)32-30-28-26-24-21-14-12-10-8-6-4-2)35-60-48-47(58)45(56)43(54)39(64-48)36-61-49-46(57)44(55)42(53)38(33-50)63-49/h19-20,23,25,37-39,42-50,53-58H,3-18,21-22,24,26-36H2,1-2H3/b20-19+,25-23+/t37-,38+,39+,42-,43-,44?,45?,46?,47?,48+,49+/m0/s1. The molecule has 15 heteroatoms. The number of allylic oxidation sites excluding steroid dienone is 4. The van der Waals surface area contributed by atoms with Crippen LogP contribution in [0.5, 0.6) is 0 Å². The number of ether oxygens (including phenoxy) is 6. The number of unbranched alkanes of at least 4 members (excludes halogenated alkanes) is 20. The minimum Gasteiger partial charge on any atom is -0.462 e. The SMILES string of the molecule is CCCCCCCCCCC/C=C/C/C=C/CCCC(=O)OC[C@@H](CO[C@@H]1O[C@H](CO[C@@H]2O[C@H](CO)[C@H](O)C(O)C2O)[C@H](O)C(O)C1O)OC(=O)CCCCCCCCCCCCC. The van der Waals surface area contributed by atoms with E-state index in [0.29, 0.717) is 19.3 Å². The van der Waals surface area contributed by atoms with Gasteiger partial charge in [-0.2, -0.15) is 0 Å². The van der Waals surface area contributed by atoms with Crippen LogP contribution in [0.2, 0.25) is 0 Å². The molecule has 7 N–H and O–H groups in total. The Morgan fingerprint density at radius 2 is 0.953 bits per heavy atom. The molecule has 374 valence electrons. The van der Waals surface area contributed by atoms with Crippen LogP contribution in [0.15, 0.2) is 24.3 Å².